The van der Waals surface area contributed by atoms with Gasteiger partial charge in [0.1, 0.15) is 18.5 Å². The van der Waals surface area contributed by atoms with Gasteiger partial charge in [-0.15, -0.1) is 0 Å². The Kier molecular flexibility index (Phi) is 9.29. The zero-order valence-corrected chi connectivity index (χ0v) is 28.7. The average Bonchev–Trinajstić information content (AvgIpc) is 3.87. The lowest BCUT2D eigenvalue weighted by molar-refractivity contribution is -0.219. The monoisotopic (exact) mass is 670 g/mol. The van der Waals surface area contributed by atoms with E-state index in [4.69, 9.17) is 29.2 Å². The molecule has 3 N–H and O–H groups in total. The van der Waals surface area contributed by atoms with Gasteiger partial charge in [-0.25, -0.2) is 14.7 Å². The molecule has 2 aromatic carbocycles. The summed E-state index contributed by atoms with van der Waals surface area (Å²) in [5.41, 5.74) is 3.35. The Morgan fingerprint density at radius 1 is 1.02 bits per heavy atom. The molecule has 1 aliphatic carbocycles. The SMILES string of the molecule is CCN(C(=O)[C@H]1O[C@@H](O)[C@@H]2OC(C)(C)O[C@@H]21)n1cnc2c(NCC(c3ccccc3)c3ccccc3)nc(NC3CCC(N(C)C)C3)nc21. The van der Waals surface area contributed by atoms with Crippen LogP contribution < -0.4 is 15.6 Å². The molecule has 13 nitrogen and oxygen atoms in total. The first-order chi connectivity index (χ1) is 23.6. The molecule has 0 radical (unpaired) electrons. The van der Waals surface area contributed by atoms with Crippen LogP contribution in [-0.4, -0.2) is 105 Å². The second-order valence-electron chi connectivity index (χ2n) is 13.7. The van der Waals surface area contributed by atoms with Crippen LogP contribution in [0.3, 0.4) is 0 Å². The van der Waals surface area contributed by atoms with E-state index < -0.39 is 36.3 Å². The number of hydrogen-bond acceptors (Lipinski definition) is 11. The topological polar surface area (TPSA) is 139 Å². The summed E-state index contributed by atoms with van der Waals surface area (Å²) in [5, 5.41) is 19.3. The van der Waals surface area contributed by atoms with Gasteiger partial charge < -0.3 is 34.9 Å². The molecule has 2 unspecified atom stereocenters. The van der Waals surface area contributed by atoms with E-state index in [9.17, 15) is 9.90 Å². The number of benzene rings is 2. The lowest BCUT2D eigenvalue weighted by Crippen LogP contribution is -2.50. The summed E-state index contributed by atoms with van der Waals surface area (Å²) in [6, 6.07) is 21.5. The summed E-state index contributed by atoms with van der Waals surface area (Å²) < 4.78 is 19.2. The van der Waals surface area contributed by atoms with Crippen molar-refractivity contribution in [2.45, 2.75) is 88.4 Å². The van der Waals surface area contributed by atoms with E-state index in [1.807, 2.05) is 19.1 Å². The Balaban J connectivity index is 1.23. The minimum atomic E-state index is -1.28. The van der Waals surface area contributed by atoms with Crippen LogP contribution in [0.5, 0.6) is 0 Å². The van der Waals surface area contributed by atoms with Crippen LogP contribution in [0, 0.1) is 0 Å². The van der Waals surface area contributed by atoms with Crippen molar-refractivity contribution in [3.8, 4) is 0 Å². The van der Waals surface area contributed by atoms with Gasteiger partial charge in [0.2, 0.25) is 5.95 Å². The number of carbonyl (C=O) groups excluding carboxylic acids is 1. The molecule has 2 aliphatic heterocycles. The van der Waals surface area contributed by atoms with Gasteiger partial charge in [0.05, 0.1) is 0 Å². The number of likely N-dealkylation sites (N-methyl/N-ethyl adjacent to an activating group) is 1. The molecule has 1 amide bonds. The van der Waals surface area contributed by atoms with E-state index in [2.05, 4.69) is 78.2 Å². The molecule has 13 heteroatoms. The maximum atomic E-state index is 14.1. The first-order valence-electron chi connectivity index (χ1n) is 17.1. The normalized spacial score (nSPS) is 26.0. The molecule has 260 valence electrons. The molecule has 1 saturated carbocycles. The summed E-state index contributed by atoms with van der Waals surface area (Å²) >= 11 is 0. The summed E-state index contributed by atoms with van der Waals surface area (Å²) in [6.45, 7) is 6.22. The Morgan fingerprint density at radius 3 is 2.33 bits per heavy atom. The molecule has 3 aliphatic rings. The van der Waals surface area contributed by atoms with E-state index in [1.54, 1.807) is 24.9 Å². The van der Waals surface area contributed by atoms with Crippen LogP contribution in [-0.2, 0) is 19.0 Å². The fraction of sp³-hybridized carbons (Fsp3) is 0.500. The van der Waals surface area contributed by atoms with Gasteiger partial charge in [0.25, 0.3) is 5.91 Å². The van der Waals surface area contributed by atoms with Gasteiger partial charge >= 0.3 is 0 Å². The number of nitrogens with zero attached hydrogens (tertiary/aromatic N) is 6. The van der Waals surface area contributed by atoms with Crippen LogP contribution in [0.15, 0.2) is 67.0 Å². The molecule has 0 bridgehead atoms. The van der Waals surface area contributed by atoms with Gasteiger partial charge in [-0.2, -0.15) is 9.97 Å². The van der Waals surface area contributed by atoms with E-state index in [0.29, 0.717) is 35.5 Å². The van der Waals surface area contributed by atoms with Gasteiger partial charge in [-0.05, 0) is 65.3 Å². The molecule has 2 aromatic heterocycles. The first kappa shape index (κ1) is 33.4. The van der Waals surface area contributed by atoms with Crippen LogP contribution in [0.2, 0.25) is 0 Å². The molecule has 3 fully saturated rings. The van der Waals surface area contributed by atoms with Crippen molar-refractivity contribution >= 4 is 28.8 Å². The van der Waals surface area contributed by atoms with Gasteiger partial charge in [-0.1, -0.05) is 60.7 Å². The minimum absolute atomic E-state index is 0.0482. The second kappa shape index (κ2) is 13.6. The number of aliphatic hydroxyl groups is 1. The van der Waals surface area contributed by atoms with Crippen LogP contribution in [0.25, 0.3) is 11.2 Å². The number of ether oxygens (including phenoxy) is 3. The lowest BCUT2D eigenvalue weighted by atomic mass is 9.91. The number of carbonyl (C=O) groups is 1. The van der Waals surface area contributed by atoms with Crippen molar-refractivity contribution in [2.75, 3.05) is 42.8 Å². The minimum Gasteiger partial charge on any atom is -0.367 e. The number of aromatic nitrogens is 4. The molecule has 4 heterocycles. The predicted octanol–water partition coefficient (Wildman–Crippen LogP) is 3.69. The summed E-state index contributed by atoms with van der Waals surface area (Å²) in [7, 11) is 4.23. The third kappa shape index (κ3) is 6.73. The number of hydrogen-bond donors (Lipinski definition) is 3. The highest BCUT2D eigenvalue weighted by Crippen LogP contribution is 2.38. The standard InChI is InChI=1S/C36H46N8O5/c1-6-43(33(45)29-28-30(34(46)47-29)49-36(2,3)48-28)44-21-38-27-31(40-35(41-32(27)44)39-24-17-18-25(19-24)42(4)5)37-20-26(22-13-9-7-10-14-22)23-15-11-8-12-16-23/h7-16,21,24-26,28-30,34,46H,6,17-20H2,1-5H3,(H2,37,39,40,41)/t24?,25?,28-,29+,30-,34-/m1/s1. The predicted molar refractivity (Wildman–Crippen MR) is 186 cm³/mol. The number of imidazole rings is 1. The van der Waals surface area contributed by atoms with E-state index in [0.717, 1.165) is 19.3 Å². The molecule has 6 atom stereocenters. The van der Waals surface area contributed by atoms with Gasteiger partial charge in [-0.3, -0.25) is 4.79 Å². The number of nitrogens with one attached hydrogen (secondary N) is 2. The third-order valence-corrected chi connectivity index (χ3v) is 9.81. The first-order valence-corrected chi connectivity index (χ1v) is 17.1. The average molecular weight is 671 g/mol. The Morgan fingerprint density at radius 2 is 1.69 bits per heavy atom. The highest BCUT2D eigenvalue weighted by molar-refractivity contribution is 5.93. The second-order valence-corrected chi connectivity index (χ2v) is 13.7. The molecule has 49 heavy (non-hydrogen) atoms. The van der Waals surface area contributed by atoms with Crippen LogP contribution in [0.1, 0.15) is 57.1 Å². The molecular weight excluding hydrogens is 624 g/mol. The van der Waals surface area contributed by atoms with Crippen molar-refractivity contribution in [2.24, 2.45) is 0 Å². The molecular formula is C36H46N8O5. The number of anilines is 2. The number of amides is 1. The smallest absolute Gasteiger partial charge is 0.273 e. The van der Waals surface area contributed by atoms with Gasteiger partial charge in [0.15, 0.2) is 35.2 Å². The van der Waals surface area contributed by atoms with Crippen molar-refractivity contribution in [1.29, 1.82) is 0 Å². The highest BCUT2D eigenvalue weighted by atomic mass is 16.8. The number of aliphatic hydroxyl groups excluding tert-OH is 1. The Bertz CT molecular complexity index is 1710. The maximum absolute atomic E-state index is 14.1. The van der Waals surface area contributed by atoms with Crippen molar-refractivity contribution in [3.05, 3.63) is 78.1 Å². The van der Waals surface area contributed by atoms with E-state index in [1.165, 1.54) is 16.1 Å². The van der Waals surface area contributed by atoms with Crippen molar-refractivity contribution in [1.82, 2.24) is 24.5 Å². The van der Waals surface area contributed by atoms with E-state index in [-0.39, 0.29) is 18.5 Å². The zero-order chi connectivity index (χ0) is 34.3. The van der Waals surface area contributed by atoms with Gasteiger partial charge in [0, 0.05) is 31.1 Å². The summed E-state index contributed by atoms with van der Waals surface area (Å²) in [5.74, 6) is -0.269. The summed E-state index contributed by atoms with van der Waals surface area (Å²) in [4.78, 5) is 31.0. The summed E-state index contributed by atoms with van der Waals surface area (Å²) in [6.07, 6.45) is 0.754. The lowest BCUT2D eigenvalue weighted by Gasteiger charge is -2.28. The zero-order valence-electron chi connectivity index (χ0n) is 28.7. The third-order valence-electron chi connectivity index (χ3n) is 9.81. The fourth-order valence-electron chi connectivity index (χ4n) is 7.33. The molecule has 7 rings (SSSR count). The number of rotatable bonds is 11. The quantitative estimate of drug-likeness (QED) is 0.215. The Labute approximate surface area is 286 Å². The fourth-order valence-corrected chi connectivity index (χ4v) is 7.33. The highest BCUT2D eigenvalue weighted by Gasteiger charge is 2.58. The van der Waals surface area contributed by atoms with Crippen molar-refractivity contribution in [3.63, 3.8) is 0 Å². The van der Waals surface area contributed by atoms with E-state index >= 15 is 0 Å². The molecule has 2 saturated heterocycles. The maximum Gasteiger partial charge on any atom is 0.273 e. The van der Waals surface area contributed by atoms with Crippen molar-refractivity contribution < 1.29 is 24.1 Å². The van der Waals surface area contributed by atoms with Crippen LogP contribution >= 0.6 is 0 Å². The molecule has 4 aromatic rings. The number of fused-ring (bicyclic) bond motifs is 2. The largest absolute Gasteiger partial charge is 0.367 e. The molecule has 0 spiro atoms. The van der Waals surface area contributed by atoms with Crippen LogP contribution in [0.4, 0.5) is 11.8 Å². The Hall–Kier alpha value is -4.14.